The van der Waals surface area contributed by atoms with Gasteiger partial charge in [0.05, 0.1) is 6.20 Å². The van der Waals surface area contributed by atoms with Gasteiger partial charge in [0.2, 0.25) is 0 Å². The van der Waals surface area contributed by atoms with Crippen LogP contribution in [0.5, 0.6) is 0 Å². The number of fused-ring (bicyclic) bond motifs is 1. The van der Waals surface area contributed by atoms with Gasteiger partial charge in [0.25, 0.3) is 0 Å². The lowest BCUT2D eigenvalue weighted by Gasteiger charge is -2.13. The van der Waals surface area contributed by atoms with Crippen molar-refractivity contribution in [2.75, 3.05) is 7.05 Å². The Bertz CT molecular complexity index is 303. The zero-order valence-corrected chi connectivity index (χ0v) is 9.08. The van der Waals surface area contributed by atoms with Crippen molar-refractivity contribution >= 4 is 0 Å². The number of aryl methyl sites for hydroxylation is 1. The number of rotatable bonds is 2. The number of nitrogens with one attached hydrogen (secondary N) is 1. The Hall–Kier alpha value is -0.830. The first-order chi connectivity index (χ1) is 6.86. The summed E-state index contributed by atoms with van der Waals surface area (Å²) in [5.41, 5.74) is 2.87. The summed E-state index contributed by atoms with van der Waals surface area (Å²) in [6.45, 7) is 3.15. The van der Waals surface area contributed by atoms with Gasteiger partial charge in [-0.3, -0.25) is 4.68 Å². The zero-order valence-electron chi connectivity index (χ0n) is 9.08. The van der Waals surface area contributed by atoms with Crippen LogP contribution < -0.4 is 5.32 Å². The summed E-state index contributed by atoms with van der Waals surface area (Å²) in [5.74, 6) is 0. The molecule has 1 N–H and O–H groups in total. The highest BCUT2D eigenvalue weighted by Gasteiger charge is 2.20. The van der Waals surface area contributed by atoms with E-state index >= 15 is 0 Å². The molecule has 0 amide bonds. The second kappa shape index (κ2) is 4.13. The smallest absolute Gasteiger partial charge is 0.0540 e. The van der Waals surface area contributed by atoms with Crippen molar-refractivity contribution in [2.24, 2.45) is 0 Å². The quantitative estimate of drug-likeness (QED) is 0.727. The van der Waals surface area contributed by atoms with Gasteiger partial charge in [-0.1, -0.05) is 6.42 Å². The molecule has 1 atom stereocenters. The van der Waals surface area contributed by atoms with Crippen LogP contribution in [-0.2, 0) is 13.0 Å². The lowest BCUT2D eigenvalue weighted by molar-refractivity contribution is 0.532. The summed E-state index contributed by atoms with van der Waals surface area (Å²) in [4.78, 5) is 0. The van der Waals surface area contributed by atoms with Gasteiger partial charge in [-0.25, -0.2) is 0 Å². The van der Waals surface area contributed by atoms with Crippen LogP contribution in [0.2, 0.25) is 0 Å². The fraction of sp³-hybridized carbons (Fsp3) is 0.727. The lowest BCUT2D eigenvalue weighted by Crippen LogP contribution is -2.16. The molecular formula is C11H19N3. The van der Waals surface area contributed by atoms with Crippen molar-refractivity contribution in [3.05, 3.63) is 17.5 Å². The van der Waals surface area contributed by atoms with Gasteiger partial charge in [0, 0.05) is 23.8 Å². The largest absolute Gasteiger partial charge is 0.313 e. The van der Waals surface area contributed by atoms with Crippen LogP contribution >= 0.6 is 0 Å². The van der Waals surface area contributed by atoms with Crippen molar-refractivity contribution in [1.82, 2.24) is 15.1 Å². The van der Waals surface area contributed by atoms with Crippen molar-refractivity contribution in [3.63, 3.8) is 0 Å². The Labute approximate surface area is 85.5 Å². The van der Waals surface area contributed by atoms with Crippen LogP contribution in [0.25, 0.3) is 0 Å². The Morgan fingerprint density at radius 3 is 3.14 bits per heavy atom. The molecule has 3 nitrogen and oxygen atoms in total. The molecule has 0 radical (unpaired) electrons. The van der Waals surface area contributed by atoms with E-state index in [1.807, 2.05) is 13.2 Å². The molecule has 0 aromatic carbocycles. The summed E-state index contributed by atoms with van der Waals surface area (Å²) in [6.07, 6.45) is 7.12. The van der Waals surface area contributed by atoms with E-state index in [9.17, 15) is 0 Å². The van der Waals surface area contributed by atoms with Gasteiger partial charge in [-0.05, 0) is 33.2 Å². The molecule has 0 saturated carbocycles. The molecule has 1 unspecified atom stereocenters. The molecule has 14 heavy (non-hydrogen) atoms. The minimum atomic E-state index is 0.521. The third-order valence-corrected chi connectivity index (χ3v) is 3.16. The molecule has 0 fully saturated rings. The van der Waals surface area contributed by atoms with Crippen LogP contribution in [0.4, 0.5) is 0 Å². The summed E-state index contributed by atoms with van der Waals surface area (Å²) < 4.78 is 2.14. The highest BCUT2D eigenvalue weighted by molar-refractivity contribution is 5.23. The minimum absolute atomic E-state index is 0.521. The summed E-state index contributed by atoms with van der Waals surface area (Å²) in [7, 11) is 2.04. The van der Waals surface area contributed by atoms with Crippen LogP contribution in [0.3, 0.4) is 0 Å². The third-order valence-electron chi connectivity index (χ3n) is 3.16. The molecular weight excluding hydrogens is 174 g/mol. The molecule has 1 aliphatic carbocycles. The highest BCUT2D eigenvalue weighted by Crippen LogP contribution is 2.27. The van der Waals surface area contributed by atoms with E-state index in [0.717, 1.165) is 6.54 Å². The molecule has 1 aliphatic rings. The van der Waals surface area contributed by atoms with Gasteiger partial charge < -0.3 is 5.32 Å². The molecule has 3 heteroatoms. The normalized spacial score (nSPS) is 21.7. The average Bonchev–Trinajstić information content (AvgIpc) is 2.51. The summed E-state index contributed by atoms with van der Waals surface area (Å²) in [6, 6.07) is 0.521. The fourth-order valence-corrected chi connectivity index (χ4v) is 2.36. The highest BCUT2D eigenvalue weighted by atomic mass is 15.3. The molecule has 2 rings (SSSR count). The topological polar surface area (TPSA) is 29.9 Å². The Morgan fingerprint density at radius 1 is 1.57 bits per heavy atom. The number of hydrogen-bond acceptors (Lipinski definition) is 2. The monoisotopic (exact) mass is 193 g/mol. The van der Waals surface area contributed by atoms with Crippen LogP contribution in [0.1, 0.15) is 43.5 Å². The van der Waals surface area contributed by atoms with E-state index in [-0.39, 0.29) is 0 Å². The maximum atomic E-state index is 4.43. The zero-order chi connectivity index (χ0) is 9.97. The predicted octanol–water partition coefficient (Wildman–Crippen LogP) is 1.89. The van der Waals surface area contributed by atoms with Gasteiger partial charge in [0.1, 0.15) is 0 Å². The van der Waals surface area contributed by atoms with Crippen molar-refractivity contribution in [2.45, 2.75) is 45.2 Å². The van der Waals surface area contributed by atoms with Crippen LogP contribution in [0.15, 0.2) is 6.20 Å². The molecule has 1 heterocycles. The first-order valence-electron chi connectivity index (χ1n) is 5.58. The standard InChI is InChI=1S/C11H19N3/c1-3-14-11-7-5-4-6-10(12-2)9(11)8-13-14/h8,10,12H,3-7H2,1-2H3. The SMILES string of the molecule is CCn1ncc2c1CCCCC2NC. The maximum Gasteiger partial charge on any atom is 0.0540 e. The first-order valence-corrected chi connectivity index (χ1v) is 5.58. The van der Waals surface area contributed by atoms with Gasteiger partial charge in [0.15, 0.2) is 0 Å². The van der Waals surface area contributed by atoms with Gasteiger partial charge in [-0.2, -0.15) is 5.10 Å². The summed E-state index contributed by atoms with van der Waals surface area (Å²) in [5, 5.41) is 7.82. The molecule has 0 aliphatic heterocycles. The molecule has 78 valence electrons. The Kier molecular flexibility index (Phi) is 2.87. The van der Waals surface area contributed by atoms with E-state index in [1.165, 1.54) is 36.9 Å². The first kappa shape index (κ1) is 9.71. The van der Waals surface area contributed by atoms with Gasteiger partial charge in [-0.15, -0.1) is 0 Å². The van der Waals surface area contributed by atoms with Crippen molar-refractivity contribution in [3.8, 4) is 0 Å². The van der Waals surface area contributed by atoms with E-state index < -0.39 is 0 Å². The Balaban J connectivity index is 2.35. The second-order valence-corrected chi connectivity index (χ2v) is 3.95. The number of hydrogen-bond donors (Lipinski definition) is 1. The summed E-state index contributed by atoms with van der Waals surface area (Å²) >= 11 is 0. The molecule has 1 aromatic heterocycles. The molecule has 1 aromatic rings. The molecule has 0 saturated heterocycles. The van der Waals surface area contributed by atoms with Crippen LogP contribution in [-0.4, -0.2) is 16.8 Å². The van der Waals surface area contributed by atoms with E-state index in [4.69, 9.17) is 0 Å². The Morgan fingerprint density at radius 2 is 2.43 bits per heavy atom. The van der Waals surface area contributed by atoms with Crippen LogP contribution in [0, 0.1) is 0 Å². The molecule has 0 bridgehead atoms. The predicted molar refractivity (Wildman–Crippen MR) is 57.3 cm³/mol. The number of nitrogens with zero attached hydrogens (tertiary/aromatic N) is 2. The third kappa shape index (κ3) is 1.57. The van der Waals surface area contributed by atoms with E-state index in [0.29, 0.717) is 6.04 Å². The number of aromatic nitrogens is 2. The maximum absolute atomic E-state index is 4.43. The second-order valence-electron chi connectivity index (χ2n) is 3.95. The van der Waals surface area contributed by atoms with E-state index in [2.05, 4.69) is 22.0 Å². The van der Waals surface area contributed by atoms with Crippen molar-refractivity contribution < 1.29 is 0 Å². The van der Waals surface area contributed by atoms with E-state index in [1.54, 1.807) is 0 Å². The van der Waals surface area contributed by atoms with Crippen molar-refractivity contribution in [1.29, 1.82) is 0 Å². The lowest BCUT2D eigenvalue weighted by atomic mass is 10.1. The molecule has 0 spiro atoms. The fourth-order valence-electron chi connectivity index (χ4n) is 2.36. The minimum Gasteiger partial charge on any atom is -0.313 e. The average molecular weight is 193 g/mol. The van der Waals surface area contributed by atoms with Gasteiger partial charge >= 0.3 is 0 Å².